The molecule has 1 aliphatic rings. The number of H-pyrrole nitrogens is 1. The van der Waals surface area contributed by atoms with Crippen molar-refractivity contribution in [3.05, 3.63) is 51.4 Å². The van der Waals surface area contributed by atoms with Crippen molar-refractivity contribution in [3.63, 3.8) is 0 Å². The van der Waals surface area contributed by atoms with Gasteiger partial charge < -0.3 is 19.7 Å². The van der Waals surface area contributed by atoms with Crippen LogP contribution in [0.25, 0.3) is 0 Å². The second-order valence-electron chi connectivity index (χ2n) is 8.37. The van der Waals surface area contributed by atoms with E-state index in [2.05, 4.69) is 40.1 Å². The molecule has 9 nitrogen and oxygen atoms in total. The zero-order valence-electron chi connectivity index (χ0n) is 20.7. The van der Waals surface area contributed by atoms with Gasteiger partial charge in [-0.15, -0.1) is 0 Å². The summed E-state index contributed by atoms with van der Waals surface area (Å²) in [6.07, 6.45) is 0.573. The van der Waals surface area contributed by atoms with Gasteiger partial charge >= 0.3 is 0 Å². The van der Waals surface area contributed by atoms with Gasteiger partial charge in [0.05, 0.1) is 26.4 Å². The predicted octanol–water partition coefficient (Wildman–Crippen LogP) is 2.06. The number of likely N-dealkylation sites (N-methyl/N-ethyl adjacent to an activating group) is 1. The van der Waals surface area contributed by atoms with Crippen LogP contribution in [0.3, 0.4) is 0 Å². The fraction of sp³-hybridized carbons (Fsp3) is 0.560. The Kier molecular flexibility index (Phi) is 9.47. The summed E-state index contributed by atoms with van der Waals surface area (Å²) in [7, 11) is 1.65. The summed E-state index contributed by atoms with van der Waals surface area (Å²) in [6, 6.07) is 7.99. The Hall–Kier alpha value is -2.91. The first-order valence-electron chi connectivity index (χ1n) is 12.0. The van der Waals surface area contributed by atoms with E-state index in [0.29, 0.717) is 56.5 Å². The lowest BCUT2D eigenvalue weighted by Crippen LogP contribution is -2.39. The maximum absolute atomic E-state index is 12.7. The number of ether oxygens (including phenoxy) is 2. The smallest absolute Gasteiger partial charge is 0.255 e. The van der Waals surface area contributed by atoms with Crippen LogP contribution in [0.15, 0.2) is 29.1 Å². The van der Waals surface area contributed by atoms with Crippen LogP contribution in [0.2, 0.25) is 0 Å². The van der Waals surface area contributed by atoms with E-state index >= 15 is 0 Å². The van der Waals surface area contributed by atoms with Crippen LogP contribution < -0.4 is 20.5 Å². The van der Waals surface area contributed by atoms with Crippen LogP contribution in [-0.2, 0) is 16.0 Å². The number of nitrogens with zero attached hydrogens (tertiary/aromatic N) is 3. The average Bonchev–Trinajstić information content (AvgIpc) is 2.86. The number of carbonyl (C=O) groups is 1. The maximum atomic E-state index is 12.7. The van der Waals surface area contributed by atoms with E-state index in [0.717, 1.165) is 24.4 Å². The van der Waals surface area contributed by atoms with Gasteiger partial charge in [-0.1, -0.05) is 26.0 Å². The van der Waals surface area contributed by atoms with Crippen molar-refractivity contribution in [2.45, 2.75) is 39.7 Å². The van der Waals surface area contributed by atoms with Crippen LogP contribution in [0, 0.1) is 6.92 Å². The van der Waals surface area contributed by atoms with Gasteiger partial charge in [-0.3, -0.25) is 19.5 Å². The Morgan fingerprint density at radius 2 is 2.03 bits per heavy atom. The molecule has 1 aromatic carbocycles. The van der Waals surface area contributed by atoms with Crippen LogP contribution in [0.1, 0.15) is 43.1 Å². The molecule has 1 saturated heterocycles. The van der Waals surface area contributed by atoms with E-state index in [9.17, 15) is 9.59 Å². The lowest BCUT2D eigenvalue weighted by Gasteiger charge is -2.30. The SMILES string of the molecule is CCN(CC)C(CNC(=O)CCc1c(C)nc(N2CCOCC2)[nH]c1=O)c1cccc(OC)c1. The number of aryl methyl sites for hydroxylation is 1. The Balaban J connectivity index is 1.62. The molecule has 1 fully saturated rings. The first kappa shape index (κ1) is 25.7. The molecule has 186 valence electrons. The zero-order chi connectivity index (χ0) is 24.5. The van der Waals surface area contributed by atoms with E-state index in [1.165, 1.54) is 0 Å². The van der Waals surface area contributed by atoms with Crippen molar-refractivity contribution >= 4 is 11.9 Å². The summed E-state index contributed by atoms with van der Waals surface area (Å²) >= 11 is 0. The number of hydrogen-bond acceptors (Lipinski definition) is 7. The van der Waals surface area contributed by atoms with E-state index in [4.69, 9.17) is 9.47 Å². The highest BCUT2D eigenvalue weighted by atomic mass is 16.5. The number of rotatable bonds is 11. The number of hydrogen-bond donors (Lipinski definition) is 2. The van der Waals surface area contributed by atoms with Gasteiger partial charge in [-0.25, -0.2) is 4.98 Å². The van der Waals surface area contributed by atoms with Crippen molar-refractivity contribution in [1.82, 2.24) is 20.2 Å². The summed E-state index contributed by atoms with van der Waals surface area (Å²) in [5.74, 6) is 1.28. The topological polar surface area (TPSA) is 99.8 Å². The molecule has 1 unspecified atom stereocenters. The number of nitrogens with one attached hydrogen (secondary N) is 2. The molecule has 2 N–H and O–H groups in total. The Morgan fingerprint density at radius 3 is 2.68 bits per heavy atom. The number of benzene rings is 1. The number of aromatic amines is 1. The molecule has 1 aromatic heterocycles. The number of aromatic nitrogens is 2. The molecule has 0 bridgehead atoms. The summed E-state index contributed by atoms with van der Waals surface area (Å²) in [6.45, 7) is 10.9. The van der Waals surface area contributed by atoms with Crippen LogP contribution >= 0.6 is 0 Å². The van der Waals surface area contributed by atoms with Crippen molar-refractivity contribution in [2.75, 3.05) is 57.9 Å². The lowest BCUT2D eigenvalue weighted by atomic mass is 10.0. The van der Waals surface area contributed by atoms with Crippen molar-refractivity contribution < 1.29 is 14.3 Å². The monoisotopic (exact) mass is 471 g/mol. The maximum Gasteiger partial charge on any atom is 0.255 e. The Morgan fingerprint density at radius 1 is 1.29 bits per heavy atom. The summed E-state index contributed by atoms with van der Waals surface area (Å²) in [4.78, 5) is 37.2. The molecule has 0 aliphatic carbocycles. The number of carbonyl (C=O) groups excluding carboxylic acids is 1. The van der Waals surface area contributed by atoms with Crippen LogP contribution in [0.5, 0.6) is 5.75 Å². The predicted molar refractivity (Wildman–Crippen MR) is 133 cm³/mol. The van der Waals surface area contributed by atoms with Crippen LogP contribution in [0.4, 0.5) is 5.95 Å². The van der Waals surface area contributed by atoms with E-state index in [1.54, 1.807) is 7.11 Å². The highest BCUT2D eigenvalue weighted by molar-refractivity contribution is 5.76. The largest absolute Gasteiger partial charge is 0.497 e. The molecule has 1 aliphatic heterocycles. The van der Waals surface area contributed by atoms with Gasteiger partial charge in [0.25, 0.3) is 5.56 Å². The fourth-order valence-corrected chi connectivity index (χ4v) is 4.32. The third-order valence-electron chi connectivity index (χ3n) is 6.35. The first-order valence-corrected chi connectivity index (χ1v) is 12.0. The van der Waals surface area contributed by atoms with Gasteiger partial charge in [-0.2, -0.15) is 0 Å². The second-order valence-corrected chi connectivity index (χ2v) is 8.37. The molecular formula is C25H37N5O4. The van der Waals surface area contributed by atoms with Crippen molar-refractivity contribution in [3.8, 4) is 5.75 Å². The van der Waals surface area contributed by atoms with Crippen molar-refractivity contribution in [2.24, 2.45) is 0 Å². The van der Waals surface area contributed by atoms with Crippen molar-refractivity contribution in [1.29, 1.82) is 0 Å². The van der Waals surface area contributed by atoms with Gasteiger partial charge in [0.1, 0.15) is 5.75 Å². The van der Waals surface area contributed by atoms with Crippen LogP contribution in [-0.4, -0.2) is 73.8 Å². The number of methoxy groups -OCH3 is 1. The lowest BCUT2D eigenvalue weighted by molar-refractivity contribution is -0.121. The molecule has 9 heteroatoms. The summed E-state index contributed by atoms with van der Waals surface area (Å²) in [5.41, 5.74) is 2.13. The van der Waals surface area contributed by atoms with Gasteiger partial charge in [0, 0.05) is 37.3 Å². The Labute approximate surface area is 201 Å². The zero-order valence-corrected chi connectivity index (χ0v) is 20.7. The molecule has 2 heterocycles. The number of morpholine rings is 1. The number of anilines is 1. The number of amides is 1. The second kappa shape index (κ2) is 12.5. The highest BCUT2D eigenvalue weighted by Crippen LogP contribution is 2.24. The third kappa shape index (κ3) is 6.57. The third-order valence-corrected chi connectivity index (χ3v) is 6.35. The molecule has 0 radical (unpaired) electrons. The highest BCUT2D eigenvalue weighted by Gasteiger charge is 2.20. The molecule has 1 amide bonds. The molecule has 34 heavy (non-hydrogen) atoms. The van der Waals surface area contributed by atoms with E-state index in [-0.39, 0.29) is 23.9 Å². The van der Waals surface area contributed by atoms with Gasteiger partial charge in [-0.05, 0) is 44.1 Å². The minimum Gasteiger partial charge on any atom is -0.497 e. The molecule has 0 spiro atoms. The molecular weight excluding hydrogens is 434 g/mol. The quantitative estimate of drug-likeness (QED) is 0.517. The van der Waals surface area contributed by atoms with Gasteiger partial charge in [0.15, 0.2) is 0 Å². The standard InChI is InChI=1S/C25H37N5O4/c1-5-29(6-2)22(19-8-7-9-20(16-19)33-4)17-26-23(31)11-10-21-18(3)27-25(28-24(21)32)30-12-14-34-15-13-30/h7-9,16,22H,5-6,10-15,17H2,1-4H3,(H,26,31)(H,27,28,32). The van der Waals surface area contributed by atoms with Gasteiger partial charge in [0.2, 0.25) is 11.9 Å². The Bertz CT molecular complexity index is 999. The molecule has 1 atom stereocenters. The minimum absolute atomic E-state index is 0.0358. The normalized spacial score (nSPS) is 14.8. The van der Waals surface area contributed by atoms with E-state index in [1.807, 2.05) is 30.0 Å². The molecule has 2 aromatic rings. The summed E-state index contributed by atoms with van der Waals surface area (Å²) < 4.78 is 10.7. The summed E-state index contributed by atoms with van der Waals surface area (Å²) in [5, 5.41) is 3.06. The first-order chi connectivity index (χ1) is 16.5. The molecule has 3 rings (SSSR count). The average molecular weight is 472 g/mol. The molecule has 0 saturated carbocycles. The minimum atomic E-state index is -0.181. The fourth-order valence-electron chi connectivity index (χ4n) is 4.32. The van der Waals surface area contributed by atoms with E-state index < -0.39 is 0 Å².